The Hall–Kier alpha value is -2.21. The lowest BCUT2D eigenvalue weighted by Gasteiger charge is -2.09. The van der Waals surface area contributed by atoms with Crippen LogP contribution in [0.1, 0.15) is 23.0 Å². The van der Waals surface area contributed by atoms with Gasteiger partial charge >= 0.3 is 0 Å². The van der Waals surface area contributed by atoms with E-state index in [1.54, 1.807) is 31.2 Å². The van der Waals surface area contributed by atoms with Gasteiger partial charge in [0.1, 0.15) is 5.82 Å². The Morgan fingerprint density at radius 1 is 1.14 bits per heavy atom. The zero-order valence-electron chi connectivity index (χ0n) is 11.8. The van der Waals surface area contributed by atoms with Crippen LogP contribution in [0.2, 0.25) is 0 Å². The third-order valence-electron chi connectivity index (χ3n) is 2.98. The molecule has 0 unspecified atom stereocenters. The number of carbonyl (C=O) groups is 1. The molecular formula is C15H16N2O3S. The molecule has 2 rings (SSSR count). The number of benzene rings is 1. The summed E-state index contributed by atoms with van der Waals surface area (Å²) in [7, 11) is -3.46. The Bertz CT molecular complexity index is 770. The molecule has 0 fully saturated rings. The Labute approximate surface area is 124 Å². The minimum Gasteiger partial charge on any atom is -0.307 e. The van der Waals surface area contributed by atoms with Crippen LogP contribution in [0.3, 0.4) is 0 Å². The number of aryl methyl sites for hydroxylation is 1. The maximum atomic E-state index is 12.3. The van der Waals surface area contributed by atoms with Crippen molar-refractivity contribution < 1.29 is 13.2 Å². The third-order valence-corrected chi connectivity index (χ3v) is 4.76. The summed E-state index contributed by atoms with van der Waals surface area (Å²) in [5.74, 6) is -0.149. The first-order chi connectivity index (χ1) is 9.94. The highest BCUT2D eigenvalue weighted by atomic mass is 32.2. The molecule has 0 spiro atoms. The number of nitrogens with one attached hydrogen (secondary N) is 1. The van der Waals surface area contributed by atoms with Crippen molar-refractivity contribution in [1.82, 2.24) is 4.98 Å². The molecule has 0 aliphatic carbocycles. The van der Waals surface area contributed by atoms with E-state index in [1.165, 1.54) is 12.1 Å². The second kappa shape index (κ2) is 6.05. The van der Waals surface area contributed by atoms with Gasteiger partial charge in [-0.2, -0.15) is 0 Å². The molecule has 2 aromatic rings. The van der Waals surface area contributed by atoms with E-state index in [-0.39, 0.29) is 16.2 Å². The van der Waals surface area contributed by atoms with Crippen LogP contribution in [-0.2, 0) is 9.84 Å². The number of hydrogen-bond acceptors (Lipinski definition) is 4. The molecule has 0 radical (unpaired) electrons. The number of amides is 1. The van der Waals surface area contributed by atoms with E-state index < -0.39 is 15.7 Å². The van der Waals surface area contributed by atoms with Crippen LogP contribution in [0.4, 0.5) is 5.82 Å². The van der Waals surface area contributed by atoms with Gasteiger partial charge in [0.05, 0.1) is 16.2 Å². The van der Waals surface area contributed by atoms with Crippen molar-refractivity contribution >= 4 is 21.6 Å². The van der Waals surface area contributed by atoms with Crippen LogP contribution in [-0.4, -0.2) is 25.1 Å². The number of carbonyl (C=O) groups excluding carboxylic acids is 1. The highest BCUT2D eigenvalue weighted by Gasteiger charge is 2.20. The highest BCUT2D eigenvalue weighted by molar-refractivity contribution is 7.91. The molecule has 0 bridgehead atoms. The summed E-state index contributed by atoms with van der Waals surface area (Å²) < 4.78 is 24.1. The maximum absolute atomic E-state index is 12.3. The van der Waals surface area contributed by atoms with Gasteiger partial charge in [0.2, 0.25) is 0 Å². The molecular weight excluding hydrogens is 288 g/mol. The predicted molar refractivity (Wildman–Crippen MR) is 81.1 cm³/mol. The van der Waals surface area contributed by atoms with Gasteiger partial charge < -0.3 is 5.32 Å². The van der Waals surface area contributed by atoms with Crippen LogP contribution < -0.4 is 5.32 Å². The van der Waals surface area contributed by atoms with E-state index in [1.807, 2.05) is 13.0 Å². The Morgan fingerprint density at radius 3 is 2.52 bits per heavy atom. The molecule has 1 amide bonds. The van der Waals surface area contributed by atoms with Crippen molar-refractivity contribution in [3.8, 4) is 0 Å². The van der Waals surface area contributed by atoms with E-state index in [9.17, 15) is 13.2 Å². The van der Waals surface area contributed by atoms with Crippen LogP contribution in [0.5, 0.6) is 0 Å². The summed E-state index contributed by atoms with van der Waals surface area (Å²) in [5.41, 5.74) is 0.893. The number of sulfone groups is 1. The summed E-state index contributed by atoms with van der Waals surface area (Å²) in [6, 6.07) is 11.4. The standard InChI is InChI=1S/C15H16N2O3S/c1-3-21(19,20)13-9-5-4-8-12(13)15(18)17-14-10-6-7-11(2)16-14/h4-10H,3H2,1-2H3,(H,16,17,18). The number of hydrogen-bond donors (Lipinski definition) is 1. The number of pyridine rings is 1. The lowest BCUT2D eigenvalue weighted by molar-refractivity contribution is 0.102. The zero-order chi connectivity index (χ0) is 15.5. The zero-order valence-corrected chi connectivity index (χ0v) is 12.6. The van der Waals surface area contributed by atoms with E-state index in [4.69, 9.17) is 0 Å². The van der Waals surface area contributed by atoms with Crippen molar-refractivity contribution in [2.75, 3.05) is 11.1 Å². The summed E-state index contributed by atoms with van der Waals surface area (Å²) in [6.45, 7) is 3.36. The molecule has 0 atom stereocenters. The van der Waals surface area contributed by atoms with Crippen molar-refractivity contribution in [3.05, 3.63) is 53.7 Å². The second-order valence-electron chi connectivity index (χ2n) is 4.52. The SMILES string of the molecule is CCS(=O)(=O)c1ccccc1C(=O)Nc1cccc(C)n1. The first-order valence-corrected chi connectivity index (χ1v) is 8.16. The minimum absolute atomic E-state index is 0.0395. The smallest absolute Gasteiger partial charge is 0.258 e. The van der Waals surface area contributed by atoms with Crippen molar-refractivity contribution in [3.63, 3.8) is 0 Å². The lowest BCUT2D eigenvalue weighted by atomic mass is 10.2. The highest BCUT2D eigenvalue weighted by Crippen LogP contribution is 2.18. The molecule has 110 valence electrons. The van der Waals surface area contributed by atoms with Gasteiger partial charge in [0.25, 0.3) is 5.91 Å². The Morgan fingerprint density at radius 2 is 1.86 bits per heavy atom. The number of nitrogens with zero attached hydrogens (tertiary/aromatic N) is 1. The minimum atomic E-state index is -3.46. The van der Waals surface area contributed by atoms with Gasteiger partial charge in [-0.1, -0.05) is 25.1 Å². The van der Waals surface area contributed by atoms with Crippen LogP contribution in [0.15, 0.2) is 47.4 Å². The summed E-state index contributed by atoms with van der Waals surface area (Å²) in [5, 5.41) is 2.62. The van der Waals surface area contributed by atoms with Crippen molar-refractivity contribution in [2.45, 2.75) is 18.7 Å². The topological polar surface area (TPSA) is 76.1 Å². The van der Waals surface area contributed by atoms with Crippen LogP contribution >= 0.6 is 0 Å². The fraction of sp³-hybridized carbons (Fsp3) is 0.200. The third kappa shape index (κ3) is 3.46. The molecule has 0 saturated carbocycles. The van der Waals surface area contributed by atoms with Gasteiger partial charge in [-0.05, 0) is 31.2 Å². The molecule has 0 aliphatic heterocycles. The van der Waals surface area contributed by atoms with E-state index >= 15 is 0 Å². The molecule has 0 aliphatic rings. The monoisotopic (exact) mass is 304 g/mol. The molecule has 0 saturated heterocycles. The Balaban J connectivity index is 2.37. The molecule has 1 N–H and O–H groups in total. The number of aromatic nitrogens is 1. The number of anilines is 1. The van der Waals surface area contributed by atoms with Crippen LogP contribution in [0, 0.1) is 6.92 Å². The lowest BCUT2D eigenvalue weighted by Crippen LogP contribution is -2.18. The van der Waals surface area contributed by atoms with Crippen molar-refractivity contribution in [1.29, 1.82) is 0 Å². The van der Waals surface area contributed by atoms with Gasteiger partial charge in [-0.15, -0.1) is 0 Å². The molecule has 5 nitrogen and oxygen atoms in total. The van der Waals surface area contributed by atoms with Crippen LogP contribution in [0.25, 0.3) is 0 Å². The Kier molecular flexibility index (Phi) is 4.37. The summed E-state index contributed by atoms with van der Waals surface area (Å²) in [6.07, 6.45) is 0. The van der Waals surface area contributed by atoms with Crippen molar-refractivity contribution in [2.24, 2.45) is 0 Å². The van der Waals surface area contributed by atoms with E-state index in [0.717, 1.165) is 5.69 Å². The summed E-state index contributed by atoms with van der Waals surface area (Å²) >= 11 is 0. The van der Waals surface area contributed by atoms with E-state index in [0.29, 0.717) is 5.82 Å². The predicted octanol–water partition coefficient (Wildman–Crippen LogP) is 2.44. The average Bonchev–Trinajstić information content (AvgIpc) is 2.47. The molecule has 1 aromatic heterocycles. The van der Waals surface area contributed by atoms with Gasteiger partial charge in [0.15, 0.2) is 9.84 Å². The second-order valence-corrected chi connectivity index (χ2v) is 6.76. The first-order valence-electron chi connectivity index (χ1n) is 6.51. The van der Waals surface area contributed by atoms with Gasteiger partial charge in [-0.3, -0.25) is 4.79 Å². The average molecular weight is 304 g/mol. The van der Waals surface area contributed by atoms with E-state index in [2.05, 4.69) is 10.3 Å². The quantitative estimate of drug-likeness (QED) is 0.941. The molecule has 1 heterocycles. The van der Waals surface area contributed by atoms with Gasteiger partial charge in [-0.25, -0.2) is 13.4 Å². The fourth-order valence-electron chi connectivity index (χ4n) is 1.88. The fourth-order valence-corrected chi connectivity index (χ4v) is 2.97. The van der Waals surface area contributed by atoms with Gasteiger partial charge in [0, 0.05) is 5.69 Å². The maximum Gasteiger partial charge on any atom is 0.258 e. The largest absolute Gasteiger partial charge is 0.307 e. The molecule has 6 heteroatoms. The first kappa shape index (κ1) is 15.2. The molecule has 21 heavy (non-hydrogen) atoms. The summed E-state index contributed by atoms with van der Waals surface area (Å²) in [4.78, 5) is 16.5. The molecule has 1 aromatic carbocycles. The number of rotatable bonds is 4. The normalized spacial score (nSPS) is 11.1.